The van der Waals surface area contributed by atoms with Crippen LogP contribution < -0.4 is 0 Å². The quantitative estimate of drug-likeness (QED) is 0.342. The number of hydrogen-bond donors (Lipinski definition) is 0. The van der Waals surface area contributed by atoms with Crippen molar-refractivity contribution in [3.63, 3.8) is 0 Å². The van der Waals surface area contributed by atoms with Gasteiger partial charge in [0.25, 0.3) is 0 Å². The van der Waals surface area contributed by atoms with Crippen molar-refractivity contribution in [1.82, 2.24) is 0 Å². The second kappa shape index (κ2) is 6.66. The van der Waals surface area contributed by atoms with Crippen LogP contribution in [0.3, 0.4) is 0 Å². The fraction of sp³-hybridized carbons (Fsp3) is 0.353. The minimum atomic E-state index is -0.620. The van der Waals surface area contributed by atoms with Gasteiger partial charge < -0.3 is 4.74 Å². The summed E-state index contributed by atoms with van der Waals surface area (Å²) in [5.41, 5.74) is 4.14. The molecule has 1 heterocycles. The standard InChI is InChI=1S/C17H17NO2S2/c1-5-20-16(19)11(10-18)8-15-21-13-7-6-12(17(2,3)4)9-14(13)22-15/h6-7,9H,5H2,1-4H3. The Morgan fingerprint density at radius 3 is 2.55 bits per heavy atom. The molecule has 0 spiro atoms. The molecule has 3 nitrogen and oxygen atoms in total. The van der Waals surface area contributed by atoms with E-state index in [-0.39, 0.29) is 17.6 Å². The van der Waals surface area contributed by atoms with E-state index in [1.54, 1.807) is 6.92 Å². The molecular weight excluding hydrogens is 314 g/mol. The van der Waals surface area contributed by atoms with Gasteiger partial charge in [0.05, 0.1) is 10.8 Å². The Morgan fingerprint density at radius 1 is 1.27 bits per heavy atom. The molecule has 1 aromatic rings. The fourth-order valence-corrected chi connectivity index (χ4v) is 4.15. The third-order valence-corrected chi connectivity index (χ3v) is 5.37. The highest BCUT2D eigenvalue weighted by atomic mass is 32.2. The molecule has 22 heavy (non-hydrogen) atoms. The summed E-state index contributed by atoms with van der Waals surface area (Å²) >= 11 is 3.06. The zero-order valence-corrected chi connectivity index (χ0v) is 14.7. The minimum absolute atomic E-state index is 0.0827. The first-order valence-corrected chi connectivity index (χ1v) is 8.57. The molecule has 1 aromatic carbocycles. The van der Waals surface area contributed by atoms with Crippen molar-refractivity contribution in [1.29, 1.82) is 5.26 Å². The molecule has 0 atom stereocenters. The number of benzene rings is 1. The van der Waals surface area contributed by atoms with Gasteiger partial charge in [0, 0.05) is 9.79 Å². The third kappa shape index (κ3) is 3.78. The van der Waals surface area contributed by atoms with Gasteiger partial charge in [0.1, 0.15) is 6.07 Å². The average Bonchev–Trinajstić information content (AvgIpc) is 2.85. The van der Waals surface area contributed by atoms with E-state index in [0.717, 1.165) is 14.0 Å². The van der Waals surface area contributed by atoms with E-state index >= 15 is 0 Å². The highest BCUT2D eigenvalue weighted by molar-refractivity contribution is 8.24. The molecule has 0 unspecified atom stereocenters. The number of ether oxygens (including phenoxy) is 1. The Balaban J connectivity index is 2.34. The third-order valence-electron chi connectivity index (χ3n) is 3.03. The summed E-state index contributed by atoms with van der Waals surface area (Å²) in [7, 11) is 0. The smallest absolute Gasteiger partial charge is 0.356 e. The van der Waals surface area contributed by atoms with E-state index in [4.69, 9.17) is 10.00 Å². The van der Waals surface area contributed by atoms with E-state index in [1.807, 2.05) is 6.07 Å². The number of carbonyl (C=O) groups excluding carboxylic acids is 1. The second-order valence-corrected chi connectivity index (χ2v) is 8.10. The van der Waals surface area contributed by atoms with Crippen LogP contribution in [0, 0.1) is 11.3 Å². The van der Waals surface area contributed by atoms with Crippen LogP contribution in [0.5, 0.6) is 0 Å². The second-order valence-electron chi connectivity index (χ2n) is 5.74. The molecule has 0 aromatic heterocycles. The predicted octanol–water partition coefficient (Wildman–Crippen LogP) is 4.64. The Kier molecular flexibility index (Phi) is 5.08. The SMILES string of the molecule is CCOC(=O)C(=C=C1Sc2ccc(C(C)(C)C)cc2S1)C#N. The van der Waals surface area contributed by atoms with Crippen LogP contribution in [0.15, 0.2) is 43.5 Å². The number of nitriles is 1. The molecule has 0 fully saturated rings. The van der Waals surface area contributed by atoms with Crippen LogP contribution in [-0.2, 0) is 14.9 Å². The summed E-state index contributed by atoms with van der Waals surface area (Å²) in [6, 6.07) is 8.23. The van der Waals surface area contributed by atoms with Gasteiger partial charge >= 0.3 is 5.97 Å². The van der Waals surface area contributed by atoms with E-state index in [1.165, 1.54) is 29.1 Å². The van der Waals surface area contributed by atoms with Gasteiger partial charge in [0.2, 0.25) is 0 Å². The molecule has 0 saturated carbocycles. The molecule has 5 heteroatoms. The molecule has 1 aliphatic rings. The molecule has 114 valence electrons. The normalized spacial score (nSPS) is 13.1. The lowest BCUT2D eigenvalue weighted by atomic mass is 9.87. The van der Waals surface area contributed by atoms with Gasteiger partial charge in [0.15, 0.2) is 5.57 Å². The van der Waals surface area contributed by atoms with Gasteiger partial charge in [-0.1, -0.05) is 56.1 Å². The number of esters is 1. The molecule has 1 aliphatic heterocycles. The number of hydrogen-bond acceptors (Lipinski definition) is 5. The summed E-state index contributed by atoms with van der Waals surface area (Å²) in [6.45, 7) is 8.48. The fourth-order valence-electron chi connectivity index (χ4n) is 1.84. The number of carbonyl (C=O) groups is 1. The zero-order chi connectivity index (χ0) is 16.3. The summed E-state index contributed by atoms with van der Waals surface area (Å²) < 4.78 is 5.65. The Hall–Kier alpha value is -1.60. The number of fused-ring (bicyclic) bond motifs is 1. The Labute approximate surface area is 139 Å². The lowest BCUT2D eigenvalue weighted by molar-refractivity contribution is -0.137. The molecule has 0 amide bonds. The molecule has 0 bridgehead atoms. The summed E-state index contributed by atoms with van der Waals surface area (Å²) in [6.07, 6.45) is 0. The molecule has 0 radical (unpaired) electrons. The van der Waals surface area contributed by atoms with Gasteiger partial charge in [-0.25, -0.2) is 4.79 Å². The molecule has 0 saturated heterocycles. The van der Waals surface area contributed by atoms with Crippen molar-refractivity contribution in [2.45, 2.75) is 42.9 Å². The average molecular weight is 331 g/mol. The van der Waals surface area contributed by atoms with E-state index < -0.39 is 5.97 Å². The first kappa shape index (κ1) is 16.8. The maximum Gasteiger partial charge on any atom is 0.356 e. The first-order valence-electron chi connectivity index (χ1n) is 6.93. The van der Waals surface area contributed by atoms with Gasteiger partial charge in [-0.3, -0.25) is 0 Å². The van der Waals surface area contributed by atoms with Crippen LogP contribution in [-0.4, -0.2) is 12.6 Å². The van der Waals surface area contributed by atoms with Crippen LogP contribution in [0.1, 0.15) is 33.3 Å². The van der Waals surface area contributed by atoms with Crippen LogP contribution in [0.25, 0.3) is 0 Å². The highest BCUT2D eigenvalue weighted by Crippen LogP contribution is 2.51. The van der Waals surface area contributed by atoms with E-state index in [9.17, 15) is 4.79 Å². The van der Waals surface area contributed by atoms with Crippen molar-refractivity contribution in [3.8, 4) is 6.07 Å². The maximum absolute atomic E-state index is 11.6. The topological polar surface area (TPSA) is 50.1 Å². The molecular formula is C17H17NO2S2. The molecule has 0 N–H and O–H groups in total. The molecule has 0 aliphatic carbocycles. The van der Waals surface area contributed by atoms with Crippen molar-refractivity contribution < 1.29 is 9.53 Å². The first-order chi connectivity index (χ1) is 10.3. The largest absolute Gasteiger partial charge is 0.461 e. The van der Waals surface area contributed by atoms with Crippen molar-refractivity contribution >= 4 is 29.5 Å². The maximum atomic E-state index is 11.6. The summed E-state index contributed by atoms with van der Waals surface area (Å²) in [4.78, 5) is 13.9. The molecule has 2 rings (SSSR count). The van der Waals surface area contributed by atoms with Crippen molar-refractivity contribution in [2.75, 3.05) is 6.61 Å². The zero-order valence-electron chi connectivity index (χ0n) is 13.0. The monoisotopic (exact) mass is 331 g/mol. The minimum Gasteiger partial charge on any atom is -0.461 e. The van der Waals surface area contributed by atoms with Crippen LogP contribution >= 0.6 is 23.5 Å². The van der Waals surface area contributed by atoms with Crippen molar-refractivity contribution in [3.05, 3.63) is 39.3 Å². The lowest BCUT2D eigenvalue weighted by Crippen LogP contribution is -2.10. The number of nitrogens with zero attached hydrogens (tertiary/aromatic N) is 1. The van der Waals surface area contributed by atoms with E-state index in [0.29, 0.717) is 0 Å². The number of thioether (sulfide) groups is 2. The Morgan fingerprint density at radius 2 is 1.95 bits per heavy atom. The predicted molar refractivity (Wildman–Crippen MR) is 89.6 cm³/mol. The van der Waals surface area contributed by atoms with Crippen molar-refractivity contribution in [2.24, 2.45) is 0 Å². The Bertz CT molecular complexity index is 717. The van der Waals surface area contributed by atoms with Crippen LogP contribution in [0.4, 0.5) is 0 Å². The summed E-state index contributed by atoms with van der Waals surface area (Å²) in [5.74, 6) is -0.620. The lowest BCUT2D eigenvalue weighted by Gasteiger charge is -2.19. The summed E-state index contributed by atoms with van der Waals surface area (Å²) in [5, 5.41) is 9.07. The number of rotatable bonds is 2. The van der Waals surface area contributed by atoms with Gasteiger partial charge in [-0.05, 0) is 30.0 Å². The van der Waals surface area contributed by atoms with Gasteiger partial charge in [-0.15, -0.1) is 0 Å². The van der Waals surface area contributed by atoms with Gasteiger partial charge in [-0.2, -0.15) is 5.26 Å². The van der Waals surface area contributed by atoms with E-state index in [2.05, 4.69) is 44.7 Å². The van der Waals surface area contributed by atoms with Crippen LogP contribution in [0.2, 0.25) is 0 Å². The highest BCUT2D eigenvalue weighted by Gasteiger charge is 2.22.